The van der Waals surface area contributed by atoms with Gasteiger partial charge in [-0.15, -0.1) is 0 Å². The summed E-state index contributed by atoms with van der Waals surface area (Å²) in [5.74, 6) is 2.58. The van der Waals surface area contributed by atoms with Gasteiger partial charge >= 0.3 is 0 Å². The number of epoxide rings is 3. The second-order valence-electron chi connectivity index (χ2n) is 8.52. The van der Waals surface area contributed by atoms with Gasteiger partial charge < -0.3 is 28.4 Å². The van der Waals surface area contributed by atoms with Crippen molar-refractivity contribution in [1.29, 1.82) is 0 Å². The van der Waals surface area contributed by atoms with E-state index in [1.165, 1.54) is 14.7 Å². The maximum absolute atomic E-state index is 5.83. The topological polar surface area (TPSA) is 65.3 Å². The highest BCUT2D eigenvalue weighted by molar-refractivity contribution is 7.97. The second kappa shape index (κ2) is 9.88. The summed E-state index contributed by atoms with van der Waals surface area (Å²) in [6.45, 7) is 4.19. The lowest BCUT2D eigenvalue weighted by Crippen LogP contribution is -2.08. The molecule has 3 fully saturated rings. The van der Waals surface area contributed by atoms with Crippen LogP contribution >= 0.6 is 0 Å². The van der Waals surface area contributed by atoms with Gasteiger partial charge in [0.2, 0.25) is 0 Å². The number of rotatable bonds is 12. The zero-order valence-electron chi connectivity index (χ0n) is 18.8. The Morgan fingerprint density at radius 2 is 0.765 bits per heavy atom. The number of ether oxygens (including phenoxy) is 6. The Hall–Kier alpha value is -2.71. The molecule has 3 aromatic carbocycles. The summed E-state index contributed by atoms with van der Waals surface area (Å²) < 4.78 is 33.2. The van der Waals surface area contributed by atoms with E-state index in [1.54, 1.807) is 0 Å². The van der Waals surface area contributed by atoms with Gasteiger partial charge in [0.25, 0.3) is 0 Å². The minimum atomic E-state index is -0.281. The van der Waals surface area contributed by atoms with Crippen LogP contribution in [0.1, 0.15) is 0 Å². The molecule has 3 aromatic rings. The summed E-state index contributed by atoms with van der Waals surface area (Å²) in [7, 11) is -0.281. The van der Waals surface area contributed by atoms with Gasteiger partial charge in [0.1, 0.15) is 55.4 Å². The summed E-state index contributed by atoms with van der Waals surface area (Å²) in [5.41, 5.74) is 0. The van der Waals surface area contributed by atoms with Crippen LogP contribution < -0.4 is 14.2 Å². The van der Waals surface area contributed by atoms with E-state index < -0.39 is 0 Å². The molecule has 6 rings (SSSR count). The van der Waals surface area contributed by atoms with E-state index in [2.05, 4.69) is 36.4 Å². The predicted molar refractivity (Wildman–Crippen MR) is 127 cm³/mol. The summed E-state index contributed by atoms with van der Waals surface area (Å²) in [5, 5.41) is 0. The van der Waals surface area contributed by atoms with Crippen LogP contribution in [0.25, 0.3) is 0 Å². The molecule has 6 nitrogen and oxygen atoms in total. The van der Waals surface area contributed by atoms with Crippen molar-refractivity contribution in [1.82, 2.24) is 0 Å². The number of hydrogen-bond acceptors (Lipinski definition) is 6. The van der Waals surface area contributed by atoms with E-state index in [1.807, 2.05) is 36.4 Å². The van der Waals surface area contributed by atoms with Crippen LogP contribution in [0, 0.1) is 0 Å². The second-order valence-corrected chi connectivity index (χ2v) is 10.5. The molecule has 0 radical (unpaired) electrons. The lowest BCUT2D eigenvalue weighted by molar-refractivity contribution is 0.263. The molecule has 0 amide bonds. The van der Waals surface area contributed by atoms with Crippen LogP contribution in [-0.4, -0.2) is 58.0 Å². The van der Waals surface area contributed by atoms with Crippen molar-refractivity contribution >= 4 is 10.9 Å². The van der Waals surface area contributed by atoms with Crippen LogP contribution in [0.15, 0.2) is 87.5 Å². The normalized spacial score (nSPS) is 23.1. The Balaban J connectivity index is 1.22. The zero-order chi connectivity index (χ0) is 22.7. The molecule has 0 bridgehead atoms. The highest BCUT2D eigenvalue weighted by Gasteiger charge is 2.30. The van der Waals surface area contributed by atoms with Gasteiger partial charge in [-0.2, -0.15) is 0 Å². The molecule has 34 heavy (non-hydrogen) atoms. The molecule has 3 aliphatic heterocycles. The molecule has 3 heterocycles. The standard InChI is InChI=1S/C27H27O6S/c1-7-25(8-2-19(1)28-13-22-16-31-22)34(26-9-3-20(4-10-26)29-14-23-17-32-23)27-11-5-21(6-12-27)30-15-24-18-33-24/h1-12,22-24H,13-18H2/q+1. The Morgan fingerprint density at radius 1 is 0.500 bits per heavy atom. The lowest BCUT2D eigenvalue weighted by atomic mass is 10.3. The van der Waals surface area contributed by atoms with Crippen molar-refractivity contribution in [3.05, 3.63) is 72.8 Å². The van der Waals surface area contributed by atoms with Gasteiger partial charge in [-0.1, -0.05) is 0 Å². The van der Waals surface area contributed by atoms with Gasteiger partial charge in [-0.25, -0.2) is 0 Å². The molecule has 3 unspecified atom stereocenters. The van der Waals surface area contributed by atoms with E-state index in [4.69, 9.17) is 28.4 Å². The summed E-state index contributed by atoms with van der Waals surface area (Å²) in [6, 6.07) is 25.1. The molecular weight excluding hydrogens is 452 g/mol. The minimum absolute atomic E-state index is 0.244. The fraction of sp³-hybridized carbons (Fsp3) is 0.333. The van der Waals surface area contributed by atoms with Crippen molar-refractivity contribution in [3.63, 3.8) is 0 Å². The Labute approximate surface area is 202 Å². The highest BCUT2D eigenvalue weighted by atomic mass is 32.2. The molecule has 176 valence electrons. The average Bonchev–Trinajstić information content (AvgIpc) is 3.73. The molecular formula is C27H27O6S+. The average molecular weight is 480 g/mol. The predicted octanol–water partition coefficient (Wildman–Crippen LogP) is 4.11. The van der Waals surface area contributed by atoms with Gasteiger partial charge in [-0.3, -0.25) is 0 Å². The van der Waals surface area contributed by atoms with Crippen LogP contribution in [0.2, 0.25) is 0 Å². The van der Waals surface area contributed by atoms with E-state index in [-0.39, 0.29) is 29.2 Å². The molecule has 3 atom stereocenters. The van der Waals surface area contributed by atoms with Crippen molar-refractivity contribution in [2.24, 2.45) is 0 Å². The SMILES string of the molecule is c1cc([S+](c2ccc(OCC3CO3)cc2)c2ccc(OCC3CO3)cc2)ccc1OCC1CO1. The van der Waals surface area contributed by atoms with E-state index in [0.717, 1.165) is 37.1 Å². The van der Waals surface area contributed by atoms with Crippen LogP contribution in [0.3, 0.4) is 0 Å². The van der Waals surface area contributed by atoms with Crippen molar-refractivity contribution < 1.29 is 28.4 Å². The third-order valence-electron chi connectivity index (χ3n) is 5.69. The van der Waals surface area contributed by atoms with Crippen molar-refractivity contribution in [2.75, 3.05) is 39.6 Å². The molecule has 3 aliphatic rings. The number of benzene rings is 3. The third kappa shape index (κ3) is 5.85. The highest BCUT2D eigenvalue weighted by Crippen LogP contribution is 2.34. The van der Waals surface area contributed by atoms with Crippen LogP contribution in [0.5, 0.6) is 17.2 Å². The quantitative estimate of drug-likeness (QED) is 0.288. The molecule has 0 aromatic heterocycles. The third-order valence-corrected chi connectivity index (χ3v) is 7.92. The van der Waals surface area contributed by atoms with Gasteiger partial charge in [0.15, 0.2) is 14.7 Å². The first kappa shape index (κ1) is 21.8. The van der Waals surface area contributed by atoms with Gasteiger partial charge in [0, 0.05) is 0 Å². The summed E-state index contributed by atoms with van der Waals surface area (Å²) in [4.78, 5) is 3.65. The Morgan fingerprint density at radius 3 is 1.00 bits per heavy atom. The Bertz CT molecular complexity index is 932. The minimum Gasteiger partial charge on any atom is -0.491 e. The first-order valence-electron chi connectivity index (χ1n) is 11.6. The van der Waals surface area contributed by atoms with Crippen LogP contribution in [-0.2, 0) is 25.1 Å². The van der Waals surface area contributed by atoms with Crippen molar-refractivity contribution in [2.45, 2.75) is 33.0 Å². The lowest BCUT2D eigenvalue weighted by Gasteiger charge is -2.11. The van der Waals surface area contributed by atoms with Crippen molar-refractivity contribution in [3.8, 4) is 17.2 Å². The maximum atomic E-state index is 5.83. The molecule has 0 N–H and O–H groups in total. The molecule has 0 spiro atoms. The molecule has 7 heteroatoms. The Kier molecular flexibility index (Phi) is 6.33. The molecule has 0 saturated carbocycles. The number of hydrogen-bond donors (Lipinski definition) is 0. The zero-order valence-corrected chi connectivity index (χ0v) is 19.6. The maximum Gasteiger partial charge on any atom is 0.166 e. The van der Waals surface area contributed by atoms with Gasteiger partial charge in [-0.05, 0) is 72.8 Å². The monoisotopic (exact) mass is 479 g/mol. The molecule has 3 saturated heterocycles. The van der Waals surface area contributed by atoms with Crippen LogP contribution in [0.4, 0.5) is 0 Å². The first-order chi connectivity index (χ1) is 16.8. The van der Waals surface area contributed by atoms with E-state index in [0.29, 0.717) is 19.8 Å². The van der Waals surface area contributed by atoms with E-state index >= 15 is 0 Å². The largest absolute Gasteiger partial charge is 0.491 e. The van der Waals surface area contributed by atoms with E-state index in [9.17, 15) is 0 Å². The molecule has 0 aliphatic carbocycles. The fourth-order valence-electron chi connectivity index (χ4n) is 3.48. The summed E-state index contributed by atoms with van der Waals surface area (Å²) in [6.07, 6.45) is 0.733. The first-order valence-corrected chi connectivity index (χ1v) is 12.8. The smallest absolute Gasteiger partial charge is 0.166 e. The summed E-state index contributed by atoms with van der Waals surface area (Å²) >= 11 is 0. The van der Waals surface area contributed by atoms with Gasteiger partial charge in [0.05, 0.1) is 30.7 Å². The fourth-order valence-corrected chi connectivity index (χ4v) is 5.53.